The number of nitrogens with zero attached hydrogens (tertiary/aromatic N) is 4. The molecule has 0 spiro atoms. The minimum atomic E-state index is -0.834. The van der Waals surface area contributed by atoms with Gasteiger partial charge in [0.05, 0.1) is 16.6 Å². The molecule has 248 valence electrons. The summed E-state index contributed by atoms with van der Waals surface area (Å²) in [5, 5.41) is 4.31. The summed E-state index contributed by atoms with van der Waals surface area (Å²) >= 11 is 0. The van der Waals surface area contributed by atoms with Gasteiger partial charge in [0.25, 0.3) is 0 Å². The first kappa shape index (κ1) is 29.6. The first-order chi connectivity index (χ1) is 25.4. The van der Waals surface area contributed by atoms with Crippen LogP contribution in [-0.4, -0.2) is 32.2 Å². The Kier molecular flexibility index (Phi) is 5.97. The molecule has 8 heteroatoms. The fourth-order valence-electron chi connectivity index (χ4n) is 8.29. The van der Waals surface area contributed by atoms with Gasteiger partial charge < -0.3 is 18.3 Å². The number of benzene rings is 6. The molecule has 1 saturated heterocycles. The minimum Gasteiger partial charge on any atom is -0.456 e. The first-order valence-electron chi connectivity index (χ1n) is 17.6. The van der Waals surface area contributed by atoms with Crippen molar-refractivity contribution in [2.45, 2.75) is 32.0 Å². The van der Waals surface area contributed by atoms with Gasteiger partial charge in [0, 0.05) is 43.9 Å². The van der Waals surface area contributed by atoms with Gasteiger partial charge in [-0.05, 0) is 68.2 Å². The van der Waals surface area contributed by atoms with Crippen molar-refractivity contribution in [3.8, 4) is 39.9 Å². The highest BCUT2D eigenvalue weighted by atomic mass is 16.7. The molecule has 0 saturated carbocycles. The van der Waals surface area contributed by atoms with E-state index in [1.807, 2.05) is 36.4 Å². The van der Waals surface area contributed by atoms with Crippen LogP contribution in [0.4, 0.5) is 0 Å². The summed E-state index contributed by atoms with van der Waals surface area (Å²) in [6.07, 6.45) is 0. The molecule has 6 aromatic carbocycles. The number of aromatic nitrogens is 4. The summed E-state index contributed by atoms with van der Waals surface area (Å²) in [5.74, 6) is 1.70. The summed E-state index contributed by atoms with van der Waals surface area (Å²) in [7, 11) is -0.586. The van der Waals surface area contributed by atoms with Crippen molar-refractivity contribution < 1.29 is 13.7 Å². The Hall–Kier alpha value is -6.09. The quantitative estimate of drug-likeness (QED) is 0.170. The number of furan rings is 1. The van der Waals surface area contributed by atoms with Gasteiger partial charge in [-0.1, -0.05) is 97.1 Å². The zero-order chi connectivity index (χ0) is 34.8. The van der Waals surface area contributed by atoms with Crippen LogP contribution in [0, 0.1) is 0 Å². The van der Waals surface area contributed by atoms with Gasteiger partial charge in [0.2, 0.25) is 0 Å². The molecule has 0 N–H and O–H groups in total. The van der Waals surface area contributed by atoms with Crippen LogP contribution in [0.5, 0.6) is 0 Å². The molecule has 11 rings (SSSR count). The van der Waals surface area contributed by atoms with Gasteiger partial charge in [0.1, 0.15) is 16.8 Å². The van der Waals surface area contributed by atoms with E-state index in [-0.39, 0.29) is 0 Å². The van der Waals surface area contributed by atoms with Crippen molar-refractivity contribution in [2.75, 3.05) is 0 Å². The first-order valence-corrected chi connectivity index (χ1v) is 17.6. The predicted octanol–water partition coefficient (Wildman–Crippen LogP) is 9.62. The molecule has 3 aromatic heterocycles. The molecule has 0 amide bonds. The van der Waals surface area contributed by atoms with E-state index in [4.69, 9.17) is 28.7 Å². The number of hydrogen-bond acceptors (Lipinski definition) is 6. The molecule has 5 heterocycles. The molecule has 6 bridgehead atoms. The van der Waals surface area contributed by atoms with Crippen LogP contribution in [0.15, 0.2) is 138 Å². The number of hydrogen-bond donors (Lipinski definition) is 0. The van der Waals surface area contributed by atoms with E-state index in [1.165, 1.54) is 10.8 Å². The van der Waals surface area contributed by atoms with Crippen LogP contribution in [0.2, 0.25) is 0 Å². The summed E-state index contributed by atoms with van der Waals surface area (Å²) in [4.78, 5) is 15.7. The molecule has 0 aliphatic carbocycles. The Morgan fingerprint density at radius 3 is 2.04 bits per heavy atom. The molecular weight excluding hydrogens is 643 g/mol. The Labute approximate surface area is 299 Å². The molecule has 1 fully saturated rings. The maximum atomic E-state index is 6.97. The molecule has 7 nitrogen and oxygen atoms in total. The normalized spacial score (nSPS) is 17.6. The predicted molar refractivity (Wildman–Crippen MR) is 207 cm³/mol. The maximum absolute atomic E-state index is 6.97. The van der Waals surface area contributed by atoms with Crippen molar-refractivity contribution >= 4 is 56.3 Å². The van der Waals surface area contributed by atoms with Crippen molar-refractivity contribution in [1.29, 1.82) is 0 Å². The van der Waals surface area contributed by atoms with Crippen LogP contribution in [-0.2, 0) is 14.9 Å². The fraction of sp³-hybridized carbons (Fsp3) is 0.114. The Balaban J connectivity index is 1.21. The zero-order valence-electron chi connectivity index (χ0n) is 28.8. The molecule has 52 heavy (non-hydrogen) atoms. The van der Waals surface area contributed by atoms with E-state index in [1.54, 1.807) is 0 Å². The average Bonchev–Trinajstić information content (AvgIpc) is 3.80. The second kappa shape index (κ2) is 10.5. The number of para-hydroxylation sites is 2. The van der Waals surface area contributed by atoms with E-state index in [0.29, 0.717) is 17.5 Å². The second-order valence-electron chi connectivity index (χ2n) is 14.4. The molecule has 2 aliphatic heterocycles. The summed E-state index contributed by atoms with van der Waals surface area (Å²) < 4.78 is 22.4. The van der Waals surface area contributed by atoms with E-state index in [0.717, 1.165) is 66.4 Å². The van der Waals surface area contributed by atoms with Gasteiger partial charge in [0.15, 0.2) is 17.5 Å². The Morgan fingerprint density at radius 1 is 0.558 bits per heavy atom. The molecule has 1 atom stereocenters. The third-order valence-electron chi connectivity index (χ3n) is 11.2. The minimum absolute atomic E-state index is 0.560. The standard InChI is InChI=1S/C44H31BN4O3/c1-43(2)44(3)34-18-7-4-16-31(34)41-46-40(26-12-10-13-28(24-26)49-35-19-8-5-14-29(35)30-15-6-9-20-36(30)49)47-42(48-41)32-17-11-21-38-39(32)33-25-27(45(51-43)52-44)22-23-37(33)50-38/h4-25H,1-3H3. The van der Waals surface area contributed by atoms with Crippen LogP contribution >= 0.6 is 0 Å². The molecule has 0 radical (unpaired) electrons. The lowest BCUT2D eigenvalue weighted by atomic mass is 9.78. The van der Waals surface area contributed by atoms with Crippen LogP contribution in [0.3, 0.4) is 0 Å². The lowest BCUT2D eigenvalue weighted by Gasteiger charge is -2.38. The summed E-state index contributed by atoms with van der Waals surface area (Å²) in [6.45, 7) is 6.28. The number of fused-ring (bicyclic) bond motifs is 13. The average molecular weight is 675 g/mol. The maximum Gasteiger partial charge on any atom is 0.495 e. The third kappa shape index (κ3) is 4.07. The highest BCUT2D eigenvalue weighted by molar-refractivity contribution is 6.62. The van der Waals surface area contributed by atoms with Gasteiger partial charge in [-0.25, -0.2) is 15.0 Å². The number of rotatable bonds is 2. The largest absolute Gasteiger partial charge is 0.495 e. The van der Waals surface area contributed by atoms with Crippen LogP contribution < -0.4 is 5.46 Å². The van der Waals surface area contributed by atoms with Crippen molar-refractivity contribution in [2.24, 2.45) is 0 Å². The van der Waals surface area contributed by atoms with Gasteiger partial charge in [-0.15, -0.1) is 0 Å². The Morgan fingerprint density at radius 2 is 1.23 bits per heavy atom. The van der Waals surface area contributed by atoms with E-state index >= 15 is 0 Å². The van der Waals surface area contributed by atoms with E-state index in [9.17, 15) is 0 Å². The van der Waals surface area contributed by atoms with Crippen molar-refractivity contribution in [3.05, 3.63) is 139 Å². The van der Waals surface area contributed by atoms with E-state index in [2.05, 4.69) is 122 Å². The highest BCUT2D eigenvalue weighted by Crippen LogP contribution is 2.48. The summed E-state index contributed by atoms with van der Waals surface area (Å²) in [6, 6.07) is 46.0. The Bertz CT molecular complexity index is 2890. The van der Waals surface area contributed by atoms with Crippen molar-refractivity contribution in [1.82, 2.24) is 19.5 Å². The third-order valence-corrected chi connectivity index (χ3v) is 11.2. The van der Waals surface area contributed by atoms with Gasteiger partial charge in [-0.3, -0.25) is 0 Å². The van der Waals surface area contributed by atoms with Crippen LogP contribution in [0.25, 0.3) is 83.6 Å². The highest BCUT2D eigenvalue weighted by Gasteiger charge is 2.56. The van der Waals surface area contributed by atoms with Gasteiger partial charge >= 0.3 is 7.12 Å². The summed E-state index contributed by atoms with van der Waals surface area (Å²) in [5.41, 5.74) is 7.80. The van der Waals surface area contributed by atoms with Crippen LogP contribution in [0.1, 0.15) is 26.3 Å². The lowest BCUT2D eigenvalue weighted by molar-refractivity contribution is -0.0129. The molecule has 2 aliphatic rings. The topological polar surface area (TPSA) is 75.2 Å². The lowest BCUT2D eigenvalue weighted by Crippen LogP contribution is -2.42. The molecule has 1 unspecified atom stereocenters. The van der Waals surface area contributed by atoms with Gasteiger partial charge in [-0.2, -0.15) is 0 Å². The van der Waals surface area contributed by atoms with Crippen molar-refractivity contribution in [3.63, 3.8) is 0 Å². The monoisotopic (exact) mass is 674 g/mol. The zero-order valence-corrected chi connectivity index (χ0v) is 28.8. The molecular formula is C44H31BN4O3. The SMILES string of the molecule is CC1(C)OB2OC1(C)c1ccccc1-c1nc(-c3cccc(-n4c5ccccc5c5ccccc54)c3)nc(n1)-c1cccc3oc4ccc2cc4c13. The van der Waals surface area contributed by atoms with E-state index < -0.39 is 18.3 Å². The fourth-order valence-corrected chi connectivity index (χ4v) is 8.29. The second-order valence-corrected chi connectivity index (χ2v) is 14.4. The smallest absolute Gasteiger partial charge is 0.456 e. The molecule has 9 aromatic rings.